The van der Waals surface area contributed by atoms with Gasteiger partial charge in [0.2, 0.25) is 0 Å². The van der Waals surface area contributed by atoms with E-state index in [1.807, 2.05) is 0 Å². The van der Waals surface area contributed by atoms with Gasteiger partial charge < -0.3 is 19.9 Å². The van der Waals surface area contributed by atoms with Gasteiger partial charge in [0, 0.05) is 11.8 Å². The van der Waals surface area contributed by atoms with Crippen LogP contribution in [0.5, 0.6) is 11.5 Å². The molecule has 1 aliphatic rings. The lowest BCUT2D eigenvalue weighted by atomic mass is 10.1. The molecule has 0 aromatic heterocycles. The Hall–Kier alpha value is -2.24. The molecule has 17 heavy (non-hydrogen) atoms. The van der Waals surface area contributed by atoms with Crippen molar-refractivity contribution in [3.8, 4) is 11.5 Å². The van der Waals surface area contributed by atoms with E-state index in [1.165, 1.54) is 0 Å². The molecule has 0 saturated carbocycles. The van der Waals surface area contributed by atoms with Crippen molar-refractivity contribution >= 4 is 17.6 Å². The molecular weight excluding hydrogens is 226 g/mol. The van der Waals surface area contributed by atoms with Gasteiger partial charge in [-0.05, 0) is 18.6 Å². The maximum absolute atomic E-state index is 11.0. The summed E-state index contributed by atoms with van der Waals surface area (Å²) in [6.07, 6.45) is 0. The highest BCUT2D eigenvalue weighted by Crippen LogP contribution is 2.35. The molecular formula is C11H11NO5. The first-order valence-electron chi connectivity index (χ1n) is 5.02. The number of carboxylic acid groups (broad SMARTS) is 1. The molecule has 1 aromatic rings. The Balaban J connectivity index is 2.28. The number of carbonyl (C=O) groups excluding carboxylic acids is 1. The lowest BCUT2D eigenvalue weighted by Crippen LogP contribution is -2.23. The smallest absolute Gasteiger partial charge is 0.394 e. The third-order valence-electron chi connectivity index (χ3n) is 2.33. The third kappa shape index (κ3) is 2.30. The maximum atomic E-state index is 11.0. The van der Waals surface area contributed by atoms with Crippen LogP contribution in [0.15, 0.2) is 12.1 Å². The lowest BCUT2D eigenvalue weighted by molar-refractivity contribution is -0.147. The number of fused-ring (bicyclic) bond motifs is 1. The molecule has 1 amide bonds. The predicted octanol–water partition coefficient (Wildman–Crippen LogP) is 0.789. The molecule has 0 fully saturated rings. The number of rotatable bonds is 1. The number of hydrogen-bond donors (Lipinski definition) is 2. The minimum Gasteiger partial charge on any atom is -0.486 e. The van der Waals surface area contributed by atoms with Crippen molar-refractivity contribution in [3.05, 3.63) is 17.7 Å². The van der Waals surface area contributed by atoms with Crippen molar-refractivity contribution in [1.29, 1.82) is 0 Å². The van der Waals surface area contributed by atoms with E-state index in [9.17, 15) is 9.59 Å². The number of anilines is 1. The molecule has 6 nitrogen and oxygen atoms in total. The Labute approximate surface area is 97.1 Å². The Morgan fingerprint density at radius 1 is 1.24 bits per heavy atom. The monoisotopic (exact) mass is 237 g/mol. The average Bonchev–Trinajstić information content (AvgIpc) is 2.29. The first-order valence-corrected chi connectivity index (χ1v) is 5.02. The van der Waals surface area contributed by atoms with Gasteiger partial charge >= 0.3 is 11.9 Å². The summed E-state index contributed by atoms with van der Waals surface area (Å²) in [6, 6.07) is 3.26. The molecule has 2 N–H and O–H groups in total. The van der Waals surface area contributed by atoms with Crippen LogP contribution in [0, 0.1) is 6.92 Å². The van der Waals surface area contributed by atoms with Crippen molar-refractivity contribution in [2.75, 3.05) is 18.5 Å². The van der Waals surface area contributed by atoms with E-state index in [0.29, 0.717) is 36.0 Å². The topological polar surface area (TPSA) is 84.9 Å². The van der Waals surface area contributed by atoms with Gasteiger partial charge in [0.25, 0.3) is 0 Å². The predicted molar refractivity (Wildman–Crippen MR) is 58.4 cm³/mol. The second kappa shape index (κ2) is 4.32. The van der Waals surface area contributed by atoms with Crippen LogP contribution in [0.2, 0.25) is 0 Å². The van der Waals surface area contributed by atoms with Gasteiger partial charge in [-0.3, -0.25) is 4.79 Å². The van der Waals surface area contributed by atoms with E-state index in [1.54, 1.807) is 19.1 Å². The zero-order valence-electron chi connectivity index (χ0n) is 9.15. The molecule has 0 radical (unpaired) electrons. The Morgan fingerprint density at radius 2 is 1.82 bits per heavy atom. The van der Waals surface area contributed by atoms with Crippen LogP contribution in [0.4, 0.5) is 5.69 Å². The molecule has 1 aromatic carbocycles. The van der Waals surface area contributed by atoms with Crippen LogP contribution in [0.1, 0.15) is 5.56 Å². The number of carboxylic acids is 1. The van der Waals surface area contributed by atoms with Gasteiger partial charge in [0.1, 0.15) is 13.2 Å². The summed E-state index contributed by atoms with van der Waals surface area (Å²) < 4.78 is 10.7. The van der Waals surface area contributed by atoms with E-state index in [0.717, 1.165) is 0 Å². The van der Waals surface area contributed by atoms with Crippen LogP contribution in [-0.2, 0) is 9.59 Å². The van der Waals surface area contributed by atoms with Gasteiger partial charge in [-0.1, -0.05) is 0 Å². The van der Waals surface area contributed by atoms with Crippen molar-refractivity contribution < 1.29 is 24.2 Å². The summed E-state index contributed by atoms with van der Waals surface area (Å²) in [7, 11) is 0. The quantitative estimate of drug-likeness (QED) is 0.705. The van der Waals surface area contributed by atoms with Crippen molar-refractivity contribution in [2.45, 2.75) is 6.92 Å². The van der Waals surface area contributed by atoms with Gasteiger partial charge in [-0.15, -0.1) is 0 Å². The maximum Gasteiger partial charge on any atom is 0.394 e. The van der Waals surface area contributed by atoms with Gasteiger partial charge in [0.05, 0.1) is 0 Å². The van der Waals surface area contributed by atoms with Gasteiger partial charge in [0.15, 0.2) is 11.5 Å². The third-order valence-corrected chi connectivity index (χ3v) is 2.33. The molecule has 1 aliphatic heterocycles. The summed E-state index contributed by atoms with van der Waals surface area (Å²) in [5.74, 6) is -1.51. The van der Waals surface area contributed by atoms with Gasteiger partial charge in [-0.2, -0.15) is 0 Å². The van der Waals surface area contributed by atoms with E-state index in [4.69, 9.17) is 14.6 Å². The summed E-state index contributed by atoms with van der Waals surface area (Å²) in [4.78, 5) is 21.5. The molecule has 0 aliphatic carbocycles. The number of amides is 1. The highest BCUT2D eigenvalue weighted by molar-refractivity contribution is 6.36. The molecule has 2 rings (SSSR count). The fraction of sp³-hybridized carbons (Fsp3) is 0.273. The molecule has 0 bridgehead atoms. The van der Waals surface area contributed by atoms with E-state index >= 15 is 0 Å². The number of carbonyl (C=O) groups is 2. The van der Waals surface area contributed by atoms with Crippen LogP contribution in [0.25, 0.3) is 0 Å². The average molecular weight is 237 g/mol. The highest BCUT2D eigenvalue weighted by Gasteiger charge is 2.17. The fourth-order valence-corrected chi connectivity index (χ4v) is 1.50. The molecule has 1 heterocycles. The van der Waals surface area contributed by atoms with Crippen LogP contribution < -0.4 is 14.8 Å². The lowest BCUT2D eigenvalue weighted by Gasteiger charge is -2.20. The largest absolute Gasteiger partial charge is 0.486 e. The highest BCUT2D eigenvalue weighted by atomic mass is 16.6. The van der Waals surface area contributed by atoms with E-state index in [-0.39, 0.29) is 0 Å². The molecule has 0 spiro atoms. The number of hydrogen-bond acceptors (Lipinski definition) is 4. The second-order valence-corrected chi connectivity index (χ2v) is 3.57. The molecule has 90 valence electrons. The minimum atomic E-state index is -1.53. The van der Waals surface area contributed by atoms with Gasteiger partial charge in [-0.25, -0.2) is 4.79 Å². The van der Waals surface area contributed by atoms with Crippen LogP contribution in [0.3, 0.4) is 0 Å². The SMILES string of the molecule is Cc1cc2c(cc1NC(=O)C(=O)O)OCCO2. The number of aryl methyl sites for hydroxylation is 1. The van der Waals surface area contributed by atoms with E-state index in [2.05, 4.69) is 5.32 Å². The van der Waals surface area contributed by atoms with Crippen molar-refractivity contribution in [1.82, 2.24) is 0 Å². The molecule has 0 unspecified atom stereocenters. The van der Waals surface area contributed by atoms with E-state index < -0.39 is 11.9 Å². The number of benzene rings is 1. The minimum absolute atomic E-state index is 0.404. The number of ether oxygens (including phenoxy) is 2. The van der Waals surface area contributed by atoms with Crippen LogP contribution >= 0.6 is 0 Å². The van der Waals surface area contributed by atoms with Crippen LogP contribution in [-0.4, -0.2) is 30.2 Å². The van der Waals surface area contributed by atoms with Crippen molar-refractivity contribution in [3.63, 3.8) is 0 Å². The first kappa shape index (κ1) is 11.3. The first-order chi connectivity index (χ1) is 8.08. The number of nitrogens with one attached hydrogen (secondary N) is 1. The summed E-state index contributed by atoms with van der Waals surface area (Å²) >= 11 is 0. The normalized spacial score (nSPS) is 13.0. The summed E-state index contributed by atoms with van der Waals surface area (Å²) in [5, 5.41) is 10.8. The Kier molecular flexibility index (Phi) is 2.86. The van der Waals surface area contributed by atoms with Crippen molar-refractivity contribution in [2.24, 2.45) is 0 Å². The number of aliphatic carboxylic acids is 1. The second-order valence-electron chi connectivity index (χ2n) is 3.57. The Bertz CT molecular complexity index is 483. The Morgan fingerprint density at radius 3 is 2.41 bits per heavy atom. The fourth-order valence-electron chi connectivity index (χ4n) is 1.50. The zero-order chi connectivity index (χ0) is 12.4. The molecule has 6 heteroatoms. The molecule has 0 atom stereocenters. The summed E-state index contributed by atoms with van der Waals surface area (Å²) in [5.41, 5.74) is 1.12. The standard InChI is InChI=1S/C11H11NO5/c1-6-4-8-9(17-3-2-16-8)5-7(6)12-10(13)11(14)15/h4-5H,2-3H2,1H3,(H,12,13)(H,14,15). The summed E-state index contributed by atoms with van der Waals surface area (Å²) in [6.45, 7) is 2.66. The molecule has 0 saturated heterocycles. The zero-order valence-corrected chi connectivity index (χ0v) is 9.15.